The van der Waals surface area contributed by atoms with Crippen molar-refractivity contribution in [3.63, 3.8) is 0 Å². The SMILES string of the molecule is N.O=C(O)O.[HH]. The van der Waals surface area contributed by atoms with Gasteiger partial charge in [-0.3, -0.25) is 0 Å². The number of carboxylic acid groups (broad SMARTS) is 2. The lowest BCUT2D eigenvalue weighted by Gasteiger charge is -1.60. The van der Waals surface area contributed by atoms with E-state index < -0.39 is 6.16 Å². The summed E-state index contributed by atoms with van der Waals surface area (Å²) < 4.78 is 0. The maximum atomic E-state index is 8.56. The molecule has 0 aromatic carbocycles. The smallest absolute Gasteiger partial charge is 0.450 e. The summed E-state index contributed by atoms with van der Waals surface area (Å²) >= 11 is 0. The summed E-state index contributed by atoms with van der Waals surface area (Å²) in [6, 6.07) is 0. The second kappa shape index (κ2) is 3.23. The normalized spacial score (nSPS) is 4.80. The molecule has 0 aromatic rings. The highest BCUT2D eigenvalue weighted by Crippen LogP contribution is 1.42. The Labute approximate surface area is 30.1 Å². The fourth-order valence-corrected chi connectivity index (χ4v) is 0. The maximum Gasteiger partial charge on any atom is 0.503 e. The predicted octanol–water partition coefficient (Wildman–Crippen LogP) is 0.630. The first-order valence-corrected chi connectivity index (χ1v) is 0.651. The molecule has 0 rings (SSSR count). The van der Waals surface area contributed by atoms with Gasteiger partial charge in [0, 0.05) is 1.43 Å². The van der Waals surface area contributed by atoms with Gasteiger partial charge in [0.25, 0.3) is 0 Å². The lowest BCUT2D eigenvalue weighted by atomic mass is 11.5. The van der Waals surface area contributed by atoms with E-state index >= 15 is 0 Å². The van der Waals surface area contributed by atoms with Gasteiger partial charge in [-0.2, -0.15) is 0 Å². The van der Waals surface area contributed by atoms with Crippen LogP contribution in [0, 0.1) is 0 Å². The fraction of sp³-hybridized carbons (Fsp3) is 0. The van der Waals surface area contributed by atoms with Crippen molar-refractivity contribution in [1.82, 2.24) is 6.15 Å². The third-order valence-corrected chi connectivity index (χ3v) is 0. The van der Waals surface area contributed by atoms with Crippen LogP contribution < -0.4 is 6.15 Å². The Balaban J connectivity index is -0.0000000450. The largest absolute Gasteiger partial charge is 0.503 e. The average Bonchev–Trinajstić information content (AvgIpc) is 0.811. The monoisotopic (exact) mass is 81.0 g/mol. The van der Waals surface area contributed by atoms with Crippen molar-refractivity contribution in [3.8, 4) is 0 Å². The van der Waals surface area contributed by atoms with Crippen LogP contribution in [0.5, 0.6) is 0 Å². The van der Waals surface area contributed by atoms with E-state index in [4.69, 9.17) is 15.0 Å². The van der Waals surface area contributed by atoms with Gasteiger partial charge in [-0.15, -0.1) is 0 Å². The lowest BCUT2D eigenvalue weighted by Crippen LogP contribution is -1.81. The second-order valence-corrected chi connectivity index (χ2v) is 0.283. The van der Waals surface area contributed by atoms with Crippen LogP contribution in [0.4, 0.5) is 4.79 Å². The molecule has 34 valence electrons. The van der Waals surface area contributed by atoms with E-state index in [1.165, 1.54) is 0 Å². The highest BCUT2D eigenvalue weighted by Gasteiger charge is 1.70. The molecule has 0 atom stereocenters. The lowest BCUT2D eigenvalue weighted by molar-refractivity contribution is 0.137. The van der Waals surface area contributed by atoms with Gasteiger partial charge < -0.3 is 16.4 Å². The minimum Gasteiger partial charge on any atom is -0.450 e. The first-order chi connectivity index (χ1) is 1.73. The van der Waals surface area contributed by atoms with Crippen molar-refractivity contribution in [2.45, 2.75) is 0 Å². The second-order valence-electron chi connectivity index (χ2n) is 0.283. The topological polar surface area (TPSA) is 92.5 Å². The summed E-state index contributed by atoms with van der Waals surface area (Å²) in [7, 11) is 0. The van der Waals surface area contributed by atoms with Crippen molar-refractivity contribution in [3.05, 3.63) is 0 Å². The molecule has 0 heterocycles. The first kappa shape index (κ1) is 8.87. The Morgan fingerprint density at radius 2 is 1.60 bits per heavy atom. The summed E-state index contributed by atoms with van der Waals surface area (Å²) in [5, 5.41) is 13.9. The van der Waals surface area contributed by atoms with Gasteiger partial charge in [-0.25, -0.2) is 4.79 Å². The van der Waals surface area contributed by atoms with Crippen molar-refractivity contribution in [2.24, 2.45) is 0 Å². The van der Waals surface area contributed by atoms with Gasteiger partial charge in [-0.1, -0.05) is 0 Å². The third-order valence-electron chi connectivity index (χ3n) is 0. The minimum atomic E-state index is -1.83. The van der Waals surface area contributed by atoms with Gasteiger partial charge in [0.15, 0.2) is 0 Å². The summed E-state index contributed by atoms with van der Waals surface area (Å²) in [5.74, 6) is 0. The Morgan fingerprint density at radius 3 is 1.60 bits per heavy atom. The average molecular weight is 81.1 g/mol. The van der Waals surface area contributed by atoms with Crippen LogP contribution in [0.15, 0.2) is 0 Å². The highest BCUT2D eigenvalue weighted by atomic mass is 16.6. The molecular formula is CH7NO3. The van der Waals surface area contributed by atoms with E-state index in [2.05, 4.69) is 0 Å². The summed E-state index contributed by atoms with van der Waals surface area (Å²) in [6.45, 7) is 0. The summed E-state index contributed by atoms with van der Waals surface area (Å²) in [6.07, 6.45) is -1.83. The zero-order valence-corrected chi connectivity index (χ0v) is 2.51. The molecule has 0 fully saturated rings. The molecular weight excluding hydrogens is 74.0 g/mol. The summed E-state index contributed by atoms with van der Waals surface area (Å²) in [5.41, 5.74) is 0. The number of rotatable bonds is 0. The quantitative estimate of drug-likeness (QED) is 0.398. The van der Waals surface area contributed by atoms with Crippen LogP contribution in [0.25, 0.3) is 0 Å². The van der Waals surface area contributed by atoms with E-state index in [1.807, 2.05) is 0 Å². The molecule has 0 unspecified atom stereocenters. The van der Waals surface area contributed by atoms with Gasteiger partial charge in [-0.05, 0) is 0 Å². The van der Waals surface area contributed by atoms with Crippen molar-refractivity contribution < 1.29 is 16.4 Å². The van der Waals surface area contributed by atoms with Crippen LogP contribution >= 0.6 is 0 Å². The maximum absolute atomic E-state index is 8.56. The van der Waals surface area contributed by atoms with Crippen LogP contribution in [0.3, 0.4) is 0 Å². The molecule has 0 radical (unpaired) electrons. The van der Waals surface area contributed by atoms with Gasteiger partial charge in [0.1, 0.15) is 0 Å². The predicted molar refractivity (Wildman–Crippen MR) is 17.8 cm³/mol. The summed E-state index contributed by atoms with van der Waals surface area (Å²) in [4.78, 5) is 8.56. The number of carbonyl (C=O) groups is 1. The van der Waals surface area contributed by atoms with Gasteiger partial charge >= 0.3 is 6.16 Å². The molecule has 0 aromatic heterocycles. The molecule has 0 aliphatic carbocycles. The zero-order chi connectivity index (χ0) is 3.58. The molecule has 0 aliphatic heterocycles. The van der Waals surface area contributed by atoms with Crippen LogP contribution in [-0.2, 0) is 0 Å². The molecule has 0 saturated carbocycles. The molecule has 5 N–H and O–H groups in total. The standard InChI is InChI=1S/CH2O3.H3N.H2/c2-1(3)4;;/h(H2,2,3,4);1H3;1H. The van der Waals surface area contributed by atoms with Crippen LogP contribution in [-0.4, -0.2) is 16.4 Å². The molecule has 0 spiro atoms. The van der Waals surface area contributed by atoms with E-state index in [1.54, 1.807) is 0 Å². The van der Waals surface area contributed by atoms with Crippen molar-refractivity contribution in [1.29, 1.82) is 0 Å². The van der Waals surface area contributed by atoms with E-state index in [0.717, 1.165) is 0 Å². The fourth-order valence-electron chi connectivity index (χ4n) is 0. The van der Waals surface area contributed by atoms with Crippen molar-refractivity contribution >= 4 is 6.16 Å². The van der Waals surface area contributed by atoms with E-state index in [-0.39, 0.29) is 7.58 Å². The minimum absolute atomic E-state index is 0. The number of hydrogen-bond donors (Lipinski definition) is 3. The highest BCUT2D eigenvalue weighted by molar-refractivity contribution is 5.53. The molecule has 0 amide bonds. The Bertz CT molecular complexity index is 33.8. The van der Waals surface area contributed by atoms with Crippen molar-refractivity contribution in [2.75, 3.05) is 0 Å². The van der Waals surface area contributed by atoms with Crippen LogP contribution in [0.2, 0.25) is 0 Å². The Morgan fingerprint density at radius 1 is 1.60 bits per heavy atom. The van der Waals surface area contributed by atoms with Gasteiger partial charge in [0.2, 0.25) is 0 Å². The number of hydrogen-bond acceptors (Lipinski definition) is 2. The Kier molecular flexibility index (Phi) is 5.73. The molecule has 5 heavy (non-hydrogen) atoms. The molecule has 0 bridgehead atoms. The van der Waals surface area contributed by atoms with Crippen LogP contribution in [0.1, 0.15) is 1.43 Å². The Hall–Kier alpha value is -0.770. The zero-order valence-electron chi connectivity index (χ0n) is 2.51. The van der Waals surface area contributed by atoms with Gasteiger partial charge in [0.05, 0.1) is 0 Å². The third kappa shape index (κ3) is 8.24. The molecule has 4 heteroatoms. The molecule has 0 saturated heterocycles. The molecule has 4 nitrogen and oxygen atoms in total. The first-order valence-electron chi connectivity index (χ1n) is 0.651. The van der Waals surface area contributed by atoms with E-state index in [0.29, 0.717) is 0 Å². The van der Waals surface area contributed by atoms with E-state index in [9.17, 15) is 0 Å². The molecule has 0 aliphatic rings.